The van der Waals surface area contributed by atoms with Gasteiger partial charge in [0.1, 0.15) is 18.2 Å². The van der Waals surface area contributed by atoms with E-state index in [1.165, 1.54) is 18.3 Å². The minimum atomic E-state index is -0.441. The third-order valence-electron chi connectivity index (χ3n) is 2.62. The number of carbonyl (C=O) groups is 1. The topological polar surface area (TPSA) is 77.2 Å². The van der Waals surface area contributed by atoms with Crippen molar-refractivity contribution >= 4 is 28.2 Å². The van der Waals surface area contributed by atoms with Gasteiger partial charge in [-0.05, 0) is 25.1 Å². The maximum atomic E-state index is 13.8. The molecule has 0 spiro atoms. The van der Waals surface area contributed by atoms with Crippen LogP contribution in [0, 0.1) is 5.82 Å². The molecule has 2 rings (SSSR count). The molecule has 0 unspecified atom stereocenters. The molecule has 0 atom stereocenters. The number of benzene rings is 1. The SMILES string of the molecule is CCOC(=O)CNc1nccc2c(N)ccc(F)c12. The van der Waals surface area contributed by atoms with Crippen LogP contribution in [0.25, 0.3) is 10.8 Å². The summed E-state index contributed by atoms with van der Waals surface area (Å²) in [4.78, 5) is 15.3. The molecule has 0 radical (unpaired) electrons. The van der Waals surface area contributed by atoms with Crippen LogP contribution in [0.4, 0.5) is 15.9 Å². The Labute approximate surface area is 109 Å². The molecule has 19 heavy (non-hydrogen) atoms. The number of hydrogen-bond donors (Lipinski definition) is 2. The zero-order chi connectivity index (χ0) is 13.8. The summed E-state index contributed by atoms with van der Waals surface area (Å²) in [6.07, 6.45) is 1.51. The van der Waals surface area contributed by atoms with E-state index in [2.05, 4.69) is 10.3 Å². The van der Waals surface area contributed by atoms with Crippen LogP contribution in [0.5, 0.6) is 0 Å². The maximum Gasteiger partial charge on any atom is 0.325 e. The fourth-order valence-corrected chi connectivity index (χ4v) is 1.78. The Morgan fingerprint density at radius 1 is 1.47 bits per heavy atom. The highest BCUT2D eigenvalue weighted by Gasteiger charge is 2.11. The van der Waals surface area contributed by atoms with E-state index in [0.717, 1.165) is 0 Å². The number of nitrogens with two attached hydrogens (primary N) is 1. The van der Waals surface area contributed by atoms with Gasteiger partial charge in [0.05, 0.1) is 12.0 Å². The van der Waals surface area contributed by atoms with E-state index >= 15 is 0 Å². The fourth-order valence-electron chi connectivity index (χ4n) is 1.78. The molecule has 0 bridgehead atoms. The van der Waals surface area contributed by atoms with Crippen molar-refractivity contribution in [2.45, 2.75) is 6.92 Å². The van der Waals surface area contributed by atoms with Crippen molar-refractivity contribution < 1.29 is 13.9 Å². The predicted octanol–water partition coefficient (Wildman–Crippen LogP) is 1.93. The minimum absolute atomic E-state index is 0.0752. The summed E-state index contributed by atoms with van der Waals surface area (Å²) < 4.78 is 18.6. The monoisotopic (exact) mass is 263 g/mol. The summed E-state index contributed by atoms with van der Waals surface area (Å²) in [6.45, 7) is 1.94. The number of halogens is 1. The Bertz CT molecular complexity index is 616. The standard InChI is InChI=1S/C13H14FN3O2/c1-2-19-11(18)7-17-13-12-8(5-6-16-13)10(15)4-3-9(12)14/h3-6H,2,7,15H2,1H3,(H,16,17). The predicted molar refractivity (Wildman–Crippen MR) is 71.2 cm³/mol. The number of carbonyl (C=O) groups excluding carboxylic acids is 1. The van der Waals surface area contributed by atoms with E-state index in [9.17, 15) is 9.18 Å². The summed E-state index contributed by atoms with van der Waals surface area (Å²) in [7, 11) is 0. The Morgan fingerprint density at radius 2 is 2.26 bits per heavy atom. The first-order chi connectivity index (χ1) is 9.13. The van der Waals surface area contributed by atoms with Crippen LogP contribution in [0.2, 0.25) is 0 Å². The summed E-state index contributed by atoms with van der Waals surface area (Å²) in [6, 6.07) is 4.39. The van der Waals surface area contributed by atoms with Crippen LogP contribution in [0.15, 0.2) is 24.4 Å². The summed E-state index contributed by atoms with van der Waals surface area (Å²) in [5.74, 6) is -0.593. The lowest BCUT2D eigenvalue weighted by atomic mass is 10.1. The Hall–Kier alpha value is -2.37. The van der Waals surface area contributed by atoms with Gasteiger partial charge in [-0.2, -0.15) is 0 Å². The molecule has 5 nitrogen and oxygen atoms in total. The van der Waals surface area contributed by atoms with Crippen LogP contribution in [-0.4, -0.2) is 24.1 Å². The van der Waals surface area contributed by atoms with Crippen LogP contribution >= 0.6 is 0 Å². The number of anilines is 2. The molecule has 0 amide bonds. The molecule has 0 fully saturated rings. The van der Waals surface area contributed by atoms with Gasteiger partial charge in [0.15, 0.2) is 0 Å². The highest BCUT2D eigenvalue weighted by atomic mass is 19.1. The number of aromatic nitrogens is 1. The fraction of sp³-hybridized carbons (Fsp3) is 0.231. The molecule has 1 aromatic heterocycles. The number of hydrogen-bond acceptors (Lipinski definition) is 5. The third kappa shape index (κ3) is 2.73. The van der Waals surface area contributed by atoms with Crippen molar-refractivity contribution in [2.75, 3.05) is 24.2 Å². The van der Waals surface area contributed by atoms with Gasteiger partial charge in [-0.3, -0.25) is 4.79 Å². The molecule has 0 aliphatic carbocycles. The largest absolute Gasteiger partial charge is 0.465 e. The summed E-state index contributed by atoms with van der Waals surface area (Å²) in [5, 5.41) is 3.59. The number of ether oxygens (including phenoxy) is 1. The smallest absolute Gasteiger partial charge is 0.325 e. The molecule has 3 N–H and O–H groups in total. The molecule has 1 aromatic carbocycles. The average molecular weight is 263 g/mol. The van der Waals surface area contributed by atoms with Crippen LogP contribution < -0.4 is 11.1 Å². The molecule has 0 aliphatic heterocycles. The quantitative estimate of drug-likeness (QED) is 0.651. The first-order valence-corrected chi connectivity index (χ1v) is 5.85. The Balaban J connectivity index is 2.33. The third-order valence-corrected chi connectivity index (χ3v) is 2.62. The molecule has 6 heteroatoms. The van der Waals surface area contributed by atoms with Gasteiger partial charge >= 0.3 is 5.97 Å². The molecule has 100 valence electrons. The minimum Gasteiger partial charge on any atom is -0.465 e. The maximum absolute atomic E-state index is 13.8. The highest BCUT2D eigenvalue weighted by molar-refractivity contribution is 6.00. The van der Waals surface area contributed by atoms with Crippen LogP contribution in [-0.2, 0) is 9.53 Å². The molecule has 0 aliphatic rings. The number of esters is 1. The Kier molecular flexibility index (Phi) is 3.79. The van der Waals surface area contributed by atoms with Crippen molar-refractivity contribution in [3.63, 3.8) is 0 Å². The first-order valence-electron chi connectivity index (χ1n) is 5.85. The highest BCUT2D eigenvalue weighted by Crippen LogP contribution is 2.28. The second-order valence-corrected chi connectivity index (χ2v) is 3.88. The van der Waals surface area contributed by atoms with Crippen LogP contribution in [0.1, 0.15) is 6.92 Å². The first kappa shape index (κ1) is 13.1. The van der Waals surface area contributed by atoms with E-state index in [1.54, 1.807) is 13.0 Å². The van der Waals surface area contributed by atoms with Crippen molar-refractivity contribution in [3.8, 4) is 0 Å². The van der Waals surface area contributed by atoms with E-state index < -0.39 is 11.8 Å². The van der Waals surface area contributed by atoms with E-state index in [0.29, 0.717) is 17.7 Å². The number of rotatable bonds is 4. The molecule has 1 heterocycles. The molecular weight excluding hydrogens is 249 g/mol. The van der Waals surface area contributed by atoms with Gasteiger partial charge in [0, 0.05) is 17.3 Å². The molecular formula is C13H14FN3O2. The van der Waals surface area contributed by atoms with E-state index in [4.69, 9.17) is 10.5 Å². The molecule has 0 saturated carbocycles. The van der Waals surface area contributed by atoms with Gasteiger partial charge in [-0.1, -0.05) is 0 Å². The van der Waals surface area contributed by atoms with Gasteiger partial charge in [-0.25, -0.2) is 9.37 Å². The van der Waals surface area contributed by atoms with Crippen molar-refractivity contribution in [2.24, 2.45) is 0 Å². The number of nitrogen functional groups attached to an aromatic ring is 1. The lowest BCUT2D eigenvalue weighted by molar-refractivity contribution is -0.140. The van der Waals surface area contributed by atoms with Crippen molar-refractivity contribution in [1.82, 2.24) is 4.98 Å². The number of fused-ring (bicyclic) bond motifs is 1. The van der Waals surface area contributed by atoms with Gasteiger partial charge in [-0.15, -0.1) is 0 Å². The lowest BCUT2D eigenvalue weighted by Gasteiger charge is -2.10. The number of nitrogens with one attached hydrogen (secondary N) is 1. The second kappa shape index (κ2) is 5.51. The number of pyridine rings is 1. The average Bonchev–Trinajstić information content (AvgIpc) is 2.41. The van der Waals surface area contributed by atoms with Crippen molar-refractivity contribution in [3.05, 3.63) is 30.2 Å². The molecule has 2 aromatic rings. The van der Waals surface area contributed by atoms with E-state index in [-0.39, 0.29) is 17.7 Å². The lowest BCUT2D eigenvalue weighted by Crippen LogP contribution is -2.17. The summed E-state index contributed by atoms with van der Waals surface area (Å²) in [5.41, 5.74) is 6.24. The second-order valence-electron chi connectivity index (χ2n) is 3.88. The number of nitrogens with zero attached hydrogens (tertiary/aromatic N) is 1. The van der Waals surface area contributed by atoms with Crippen LogP contribution in [0.3, 0.4) is 0 Å². The molecule has 0 saturated heterocycles. The van der Waals surface area contributed by atoms with Gasteiger partial charge in [0.25, 0.3) is 0 Å². The normalized spacial score (nSPS) is 10.4. The van der Waals surface area contributed by atoms with Crippen molar-refractivity contribution in [1.29, 1.82) is 0 Å². The zero-order valence-corrected chi connectivity index (χ0v) is 10.4. The Morgan fingerprint density at radius 3 is 3.00 bits per heavy atom. The van der Waals surface area contributed by atoms with Gasteiger partial charge in [0.2, 0.25) is 0 Å². The van der Waals surface area contributed by atoms with E-state index in [1.807, 2.05) is 0 Å². The summed E-state index contributed by atoms with van der Waals surface area (Å²) >= 11 is 0. The zero-order valence-electron chi connectivity index (χ0n) is 10.4. The van der Waals surface area contributed by atoms with Gasteiger partial charge < -0.3 is 15.8 Å².